The molecule has 0 aliphatic carbocycles. The quantitative estimate of drug-likeness (QED) is 0.331. The van der Waals surface area contributed by atoms with Crippen LogP contribution in [-0.4, -0.2) is 27.0 Å². The lowest BCUT2D eigenvalue weighted by Gasteiger charge is -2.23. The number of aliphatic hydroxyl groups is 1. The molecule has 0 radical (unpaired) electrons. The molecule has 6 nitrogen and oxygen atoms in total. The largest absolute Gasteiger partial charge is 0.507 e. The first-order valence-electron chi connectivity index (χ1n) is 9.75. The third-order valence-corrected chi connectivity index (χ3v) is 6.29. The number of ketones is 1. The normalized spacial score (nSPS) is 18.2. The number of aryl methyl sites for hydroxylation is 1. The summed E-state index contributed by atoms with van der Waals surface area (Å²) in [7, 11) is 0. The highest BCUT2D eigenvalue weighted by Crippen LogP contribution is 2.43. The monoisotopic (exact) mass is 453 g/mol. The Morgan fingerprint density at radius 3 is 2.26 bits per heavy atom. The van der Waals surface area contributed by atoms with E-state index in [0.29, 0.717) is 32.2 Å². The van der Waals surface area contributed by atoms with Gasteiger partial charge in [0.25, 0.3) is 5.78 Å². The fraction of sp³-hybridized carbons (Fsp3) is 0.217. The van der Waals surface area contributed by atoms with E-state index in [1.165, 1.54) is 16.2 Å². The van der Waals surface area contributed by atoms with Crippen molar-refractivity contribution in [2.75, 3.05) is 4.90 Å². The zero-order chi connectivity index (χ0) is 22.3. The fourth-order valence-corrected chi connectivity index (χ4v) is 4.40. The van der Waals surface area contributed by atoms with E-state index in [9.17, 15) is 14.7 Å². The molecule has 1 aliphatic heterocycles. The predicted octanol–water partition coefficient (Wildman–Crippen LogP) is 5.25. The Labute approximate surface area is 188 Å². The molecule has 4 rings (SSSR count). The standard InChI is InChI=1S/C23H20ClN3O3S/c1-12(2)14-4-6-15(7-5-14)19-18(20(28)16-8-10-17(24)11-9-16)21(29)22(30)27(19)23-26-25-13(3)31-23/h4-12,19,28H,1-3H3/t19-/m1/s1. The molecule has 1 aromatic heterocycles. The van der Waals surface area contributed by atoms with Crippen molar-refractivity contribution in [3.63, 3.8) is 0 Å². The Bertz CT molecular complexity index is 1180. The molecule has 0 unspecified atom stereocenters. The number of aromatic nitrogens is 2. The van der Waals surface area contributed by atoms with Gasteiger partial charge in [-0.15, -0.1) is 10.2 Å². The van der Waals surface area contributed by atoms with E-state index in [1.54, 1.807) is 31.2 Å². The van der Waals surface area contributed by atoms with E-state index in [0.717, 1.165) is 5.56 Å². The van der Waals surface area contributed by atoms with Gasteiger partial charge in [-0.25, -0.2) is 0 Å². The number of hydrogen-bond donors (Lipinski definition) is 1. The SMILES string of the molecule is Cc1nnc(N2C(=O)C(=O)C(=C(O)c3ccc(Cl)cc3)[C@H]2c2ccc(C(C)C)cc2)s1. The minimum Gasteiger partial charge on any atom is -0.507 e. The molecule has 3 aromatic rings. The van der Waals surface area contributed by atoms with Gasteiger partial charge in [0, 0.05) is 10.6 Å². The number of carbonyl (C=O) groups is 2. The lowest BCUT2D eigenvalue weighted by Crippen LogP contribution is -2.29. The van der Waals surface area contributed by atoms with Gasteiger partial charge in [0.2, 0.25) is 5.13 Å². The highest BCUT2D eigenvalue weighted by molar-refractivity contribution is 7.15. The Morgan fingerprint density at radius 2 is 1.71 bits per heavy atom. The van der Waals surface area contributed by atoms with Crippen LogP contribution in [0.1, 0.15) is 47.5 Å². The zero-order valence-corrected chi connectivity index (χ0v) is 18.7. The van der Waals surface area contributed by atoms with Crippen LogP contribution in [0.5, 0.6) is 0 Å². The summed E-state index contributed by atoms with van der Waals surface area (Å²) in [6.07, 6.45) is 0. The molecule has 2 aromatic carbocycles. The van der Waals surface area contributed by atoms with Gasteiger partial charge in [-0.05, 0) is 48.2 Å². The van der Waals surface area contributed by atoms with Gasteiger partial charge in [-0.2, -0.15) is 0 Å². The van der Waals surface area contributed by atoms with Crippen LogP contribution in [-0.2, 0) is 9.59 Å². The third-order valence-electron chi connectivity index (χ3n) is 5.20. The molecule has 1 saturated heterocycles. The number of carbonyl (C=O) groups excluding carboxylic acids is 2. The number of nitrogens with zero attached hydrogens (tertiary/aromatic N) is 3. The topological polar surface area (TPSA) is 83.4 Å². The van der Waals surface area contributed by atoms with Crippen LogP contribution in [0.15, 0.2) is 54.1 Å². The lowest BCUT2D eigenvalue weighted by atomic mass is 9.93. The summed E-state index contributed by atoms with van der Waals surface area (Å²) in [5, 5.41) is 20.6. The number of hydrogen-bond acceptors (Lipinski definition) is 6. The molecule has 31 heavy (non-hydrogen) atoms. The van der Waals surface area contributed by atoms with Crippen molar-refractivity contribution in [1.29, 1.82) is 0 Å². The molecule has 158 valence electrons. The van der Waals surface area contributed by atoms with E-state index in [4.69, 9.17) is 11.6 Å². The first-order chi connectivity index (χ1) is 14.8. The van der Waals surface area contributed by atoms with Crippen molar-refractivity contribution < 1.29 is 14.7 Å². The number of anilines is 1. The molecule has 0 bridgehead atoms. The molecule has 8 heteroatoms. The van der Waals surface area contributed by atoms with Crippen molar-refractivity contribution in [3.8, 4) is 0 Å². The van der Waals surface area contributed by atoms with Crippen LogP contribution >= 0.6 is 22.9 Å². The summed E-state index contributed by atoms with van der Waals surface area (Å²) in [5.41, 5.74) is 2.24. The maximum atomic E-state index is 13.1. The number of benzene rings is 2. The van der Waals surface area contributed by atoms with E-state index < -0.39 is 17.7 Å². The van der Waals surface area contributed by atoms with E-state index in [2.05, 4.69) is 24.0 Å². The molecule has 2 heterocycles. The second kappa shape index (κ2) is 8.24. The van der Waals surface area contributed by atoms with Gasteiger partial charge in [-0.1, -0.05) is 61.1 Å². The molecule has 1 atom stereocenters. The van der Waals surface area contributed by atoms with Crippen molar-refractivity contribution >= 4 is 45.5 Å². The van der Waals surface area contributed by atoms with Crippen molar-refractivity contribution in [2.24, 2.45) is 0 Å². The molecule has 0 spiro atoms. The van der Waals surface area contributed by atoms with Gasteiger partial charge in [0.15, 0.2) is 0 Å². The Balaban J connectivity index is 1.91. The fourth-order valence-electron chi connectivity index (χ4n) is 3.56. The minimum atomic E-state index is -0.816. The molecule has 1 N–H and O–H groups in total. The minimum absolute atomic E-state index is 0.0115. The molecule has 1 aliphatic rings. The smallest absolute Gasteiger partial charge is 0.301 e. The predicted molar refractivity (Wildman–Crippen MR) is 121 cm³/mol. The lowest BCUT2D eigenvalue weighted by molar-refractivity contribution is -0.132. The average molecular weight is 454 g/mol. The van der Waals surface area contributed by atoms with Crippen LogP contribution in [0.25, 0.3) is 5.76 Å². The number of rotatable bonds is 4. The van der Waals surface area contributed by atoms with Gasteiger partial charge < -0.3 is 5.11 Å². The van der Waals surface area contributed by atoms with Gasteiger partial charge in [0.1, 0.15) is 10.8 Å². The van der Waals surface area contributed by atoms with Crippen molar-refractivity contribution in [1.82, 2.24) is 10.2 Å². The van der Waals surface area contributed by atoms with Crippen LogP contribution in [0.2, 0.25) is 5.02 Å². The average Bonchev–Trinajstić information content (AvgIpc) is 3.29. The molecular weight excluding hydrogens is 434 g/mol. The molecule has 1 fully saturated rings. The molecule has 0 saturated carbocycles. The Morgan fingerprint density at radius 1 is 1.06 bits per heavy atom. The number of amides is 1. The summed E-state index contributed by atoms with van der Waals surface area (Å²) in [6.45, 7) is 5.95. The first kappa shape index (κ1) is 21.2. The van der Waals surface area contributed by atoms with E-state index in [-0.39, 0.29) is 11.3 Å². The summed E-state index contributed by atoms with van der Waals surface area (Å²) in [6, 6.07) is 13.3. The van der Waals surface area contributed by atoms with Gasteiger partial charge >= 0.3 is 5.91 Å². The first-order valence-corrected chi connectivity index (χ1v) is 10.9. The van der Waals surface area contributed by atoms with Crippen molar-refractivity contribution in [3.05, 3.63) is 80.8 Å². The Kier molecular flexibility index (Phi) is 5.64. The highest BCUT2D eigenvalue weighted by Gasteiger charge is 2.48. The van der Waals surface area contributed by atoms with Crippen LogP contribution in [0.3, 0.4) is 0 Å². The Hall–Kier alpha value is -3.03. The summed E-state index contributed by atoms with van der Waals surface area (Å²) < 4.78 is 0. The molecular formula is C23H20ClN3O3S. The number of Topliss-reactive ketones (excluding diaryl/α,β-unsaturated/α-hetero) is 1. The molecule has 1 amide bonds. The summed E-state index contributed by atoms with van der Waals surface area (Å²) in [5.74, 6) is -1.43. The number of aliphatic hydroxyl groups excluding tert-OH is 1. The van der Waals surface area contributed by atoms with Crippen LogP contribution in [0, 0.1) is 6.92 Å². The van der Waals surface area contributed by atoms with Crippen LogP contribution < -0.4 is 4.90 Å². The third kappa shape index (κ3) is 3.86. The van der Waals surface area contributed by atoms with Crippen molar-refractivity contribution in [2.45, 2.75) is 32.7 Å². The summed E-state index contributed by atoms with van der Waals surface area (Å²) in [4.78, 5) is 27.4. The maximum Gasteiger partial charge on any atom is 0.301 e. The van der Waals surface area contributed by atoms with Crippen LogP contribution in [0.4, 0.5) is 5.13 Å². The second-order valence-corrected chi connectivity index (χ2v) is 9.20. The second-order valence-electron chi connectivity index (χ2n) is 7.60. The zero-order valence-electron chi connectivity index (χ0n) is 17.2. The number of halogens is 1. The summed E-state index contributed by atoms with van der Waals surface area (Å²) >= 11 is 7.18. The van der Waals surface area contributed by atoms with Gasteiger partial charge in [0.05, 0.1) is 11.6 Å². The van der Waals surface area contributed by atoms with E-state index in [1.807, 2.05) is 24.3 Å². The maximum absolute atomic E-state index is 13.1. The highest BCUT2D eigenvalue weighted by atomic mass is 35.5. The van der Waals surface area contributed by atoms with Gasteiger partial charge in [-0.3, -0.25) is 14.5 Å². The van der Waals surface area contributed by atoms with E-state index >= 15 is 0 Å².